The van der Waals surface area contributed by atoms with Crippen molar-refractivity contribution in [3.63, 3.8) is 0 Å². The number of ether oxygens (including phenoxy) is 2. The molecule has 1 amide bonds. The topological polar surface area (TPSA) is 65.4 Å². The monoisotopic (exact) mass is 309 g/mol. The smallest absolute Gasteiger partial charge is 0.220 e. The van der Waals surface area contributed by atoms with Crippen LogP contribution in [0.1, 0.15) is 49.7 Å². The third-order valence-corrected chi connectivity index (χ3v) is 3.86. The molecule has 2 heterocycles. The van der Waals surface area contributed by atoms with Gasteiger partial charge in [-0.2, -0.15) is 5.10 Å². The maximum atomic E-state index is 11.9. The first kappa shape index (κ1) is 17.0. The molecule has 0 fully saturated rings. The summed E-state index contributed by atoms with van der Waals surface area (Å²) in [5, 5.41) is 7.62. The van der Waals surface area contributed by atoms with Crippen molar-refractivity contribution in [2.24, 2.45) is 0 Å². The van der Waals surface area contributed by atoms with Crippen LogP contribution < -0.4 is 5.32 Å². The van der Waals surface area contributed by atoms with Crippen LogP contribution >= 0.6 is 0 Å². The minimum absolute atomic E-state index is 0.0701. The Kier molecular flexibility index (Phi) is 6.39. The van der Waals surface area contributed by atoms with Crippen LogP contribution in [0.4, 0.5) is 0 Å². The maximum Gasteiger partial charge on any atom is 0.220 e. The molecule has 2 rings (SSSR count). The third kappa shape index (κ3) is 4.30. The molecule has 1 N–H and O–H groups in total. The van der Waals surface area contributed by atoms with Gasteiger partial charge in [-0.3, -0.25) is 9.48 Å². The van der Waals surface area contributed by atoms with Crippen LogP contribution in [0.15, 0.2) is 0 Å². The molecule has 0 atom stereocenters. The SMILES string of the molecule is COCCCNC(=O)CCc1nn(C(C)C)c2c1COCC2. The zero-order valence-corrected chi connectivity index (χ0v) is 13.9. The van der Waals surface area contributed by atoms with E-state index in [4.69, 9.17) is 14.6 Å². The summed E-state index contributed by atoms with van der Waals surface area (Å²) in [4.78, 5) is 11.9. The number of nitrogens with zero attached hydrogens (tertiary/aromatic N) is 2. The Balaban J connectivity index is 1.91. The molecule has 0 spiro atoms. The van der Waals surface area contributed by atoms with E-state index in [0.717, 1.165) is 25.1 Å². The third-order valence-electron chi connectivity index (χ3n) is 3.86. The Morgan fingerprint density at radius 1 is 1.50 bits per heavy atom. The number of fused-ring (bicyclic) bond motifs is 1. The molecule has 1 aliphatic rings. The number of aromatic nitrogens is 2. The van der Waals surface area contributed by atoms with Crippen molar-refractivity contribution in [3.05, 3.63) is 17.0 Å². The van der Waals surface area contributed by atoms with Gasteiger partial charge in [0.15, 0.2) is 0 Å². The first-order valence-electron chi connectivity index (χ1n) is 8.06. The Labute approximate surface area is 132 Å². The second-order valence-corrected chi connectivity index (χ2v) is 5.91. The quantitative estimate of drug-likeness (QED) is 0.741. The Morgan fingerprint density at radius 2 is 2.32 bits per heavy atom. The van der Waals surface area contributed by atoms with Gasteiger partial charge in [0.05, 0.1) is 18.9 Å². The molecule has 0 saturated carbocycles. The van der Waals surface area contributed by atoms with Gasteiger partial charge in [0, 0.05) is 56.8 Å². The van der Waals surface area contributed by atoms with Gasteiger partial charge >= 0.3 is 0 Å². The largest absolute Gasteiger partial charge is 0.385 e. The fraction of sp³-hybridized carbons (Fsp3) is 0.750. The molecule has 0 bridgehead atoms. The summed E-state index contributed by atoms with van der Waals surface area (Å²) in [5.41, 5.74) is 3.47. The Morgan fingerprint density at radius 3 is 3.05 bits per heavy atom. The van der Waals surface area contributed by atoms with Crippen LogP contribution in [-0.2, 0) is 33.7 Å². The lowest BCUT2D eigenvalue weighted by atomic mass is 10.1. The zero-order chi connectivity index (χ0) is 15.9. The summed E-state index contributed by atoms with van der Waals surface area (Å²) in [6.45, 7) is 6.97. The van der Waals surface area contributed by atoms with Crippen LogP contribution in [0, 0.1) is 0 Å². The van der Waals surface area contributed by atoms with Gasteiger partial charge < -0.3 is 14.8 Å². The average molecular weight is 309 g/mol. The van der Waals surface area contributed by atoms with Gasteiger partial charge in [-0.25, -0.2) is 0 Å². The molecule has 124 valence electrons. The number of nitrogens with one attached hydrogen (secondary N) is 1. The average Bonchev–Trinajstić information content (AvgIpc) is 2.89. The lowest BCUT2D eigenvalue weighted by molar-refractivity contribution is -0.121. The Bertz CT molecular complexity index is 497. The van der Waals surface area contributed by atoms with E-state index in [2.05, 4.69) is 23.8 Å². The van der Waals surface area contributed by atoms with Crippen LogP contribution in [0.5, 0.6) is 0 Å². The van der Waals surface area contributed by atoms with Crippen molar-refractivity contribution < 1.29 is 14.3 Å². The molecule has 0 saturated heterocycles. The number of hydrogen-bond donors (Lipinski definition) is 1. The molecular weight excluding hydrogens is 282 g/mol. The number of methoxy groups -OCH3 is 1. The number of rotatable bonds is 8. The van der Waals surface area contributed by atoms with E-state index in [1.807, 2.05) is 0 Å². The van der Waals surface area contributed by atoms with Crippen LogP contribution in [0.2, 0.25) is 0 Å². The van der Waals surface area contributed by atoms with E-state index in [1.165, 1.54) is 11.3 Å². The van der Waals surface area contributed by atoms with Crippen molar-refractivity contribution in [1.82, 2.24) is 15.1 Å². The van der Waals surface area contributed by atoms with Gasteiger partial charge in [-0.05, 0) is 20.3 Å². The number of aryl methyl sites for hydroxylation is 1. The lowest BCUT2D eigenvalue weighted by Gasteiger charge is -2.16. The van der Waals surface area contributed by atoms with E-state index in [9.17, 15) is 4.79 Å². The summed E-state index contributed by atoms with van der Waals surface area (Å²) in [6.07, 6.45) is 2.88. The standard InChI is InChI=1S/C16H27N3O3/c1-12(2)19-15-7-10-22-11-13(15)14(18-19)5-6-16(20)17-8-4-9-21-3/h12H,4-11H2,1-3H3,(H,17,20). The van der Waals surface area contributed by atoms with Gasteiger partial charge in [0.1, 0.15) is 0 Å². The first-order valence-corrected chi connectivity index (χ1v) is 8.06. The van der Waals surface area contributed by atoms with E-state index in [1.54, 1.807) is 7.11 Å². The number of hydrogen-bond acceptors (Lipinski definition) is 4. The first-order chi connectivity index (χ1) is 10.6. The molecule has 1 aromatic rings. The van der Waals surface area contributed by atoms with Gasteiger partial charge in [-0.1, -0.05) is 0 Å². The highest BCUT2D eigenvalue weighted by Gasteiger charge is 2.22. The molecule has 22 heavy (non-hydrogen) atoms. The highest BCUT2D eigenvalue weighted by atomic mass is 16.5. The van der Waals surface area contributed by atoms with E-state index in [-0.39, 0.29) is 5.91 Å². The van der Waals surface area contributed by atoms with Crippen molar-refractivity contribution in [1.29, 1.82) is 0 Å². The fourth-order valence-corrected chi connectivity index (χ4v) is 2.72. The summed E-state index contributed by atoms with van der Waals surface area (Å²) in [5.74, 6) is 0.0701. The van der Waals surface area contributed by atoms with Crippen molar-refractivity contribution in [2.45, 2.75) is 52.2 Å². The number of carbonyl (C=O) groups is 1. The fourth-order valence-electron chi connectivity index (χ4n) is 2.72. The van der Waals surface area contributed by atoms with Crippen molar-refractivity contribution in [2.75, 3.05) is 26.9 Å². The molecule has 0 aliphatic carbocycles. The predicted octanol–water partition coefficient (Wildman–Crippen LogP) is 1.62. The molecule has 1 aromatic heterocycles. The summed E-state index contributed by atoms with van der Waals surface area (Å²) >= 11 is 0. The van der Waals surface area contributed by atoms with Crippen LogP contribution in [-0.4, -0.2) is 42.6 Å². The zero-order valence-electron chi connectivity index (χ0n) is 13.9. The minimum Gasteiger partial charge on any atom is -0.385 e. The number of amides is 1. The van der Waals surface area contributed by atoms with Gasteiger partial charge in [0.2, 0.25) is 5.91 Å². The molecule has 6 heteroatoms. The van der Waals surface area contributed by atoms with E-state index >= 15 is 0 Å². The van der Waals surface area contributed by atoms with Crippen LogP contribution in [0.25, 0.3) is 0 Å². The summed E-state index contributed by atoms with van der Waals surface area (Å²) in [6, 6.07) is 0.337. The maximum absolute atomic E-state index is 11.9. The number of carbonyl (C=O) groups excluding carboxylic acids is 1. The molecule has 1 aliphatic heterocycles. The molecule has 0 radical (unpaired) electrons. The Hall–Kier alpha value is -1.40. The summed E-state index contributed by atoms with van der Waals surface area (Å²) in [7, 11) is 1.66. The predicted molar refractivity (Wildman–Crippen MR) is 83.8 cm³/mol. The molecule has 0 aromatic carbocycles. The highest BCUT2D eigenvalue weighted by Crippen LogP contribution is 2.24. The normalized spacial score (nSPS) is 14.2. The van der Waals surface area contributed by atoms with E-state index < -0.39 is 0 Å². The van der Waals surface area contributed by atoms with Gasteiger partial charge in [-0.15, -0.1) is 0 Å². The van der Waals surface area contributed by atoms with Crippen molar-refractivity contribution >= 4 is 5.91 Å². The molecule has 6 nitrogen and oxygen atoms in total. The second-order valence-electron chi connectivity index (χ2n) is 5.91. The van der Waals surface area contributed by atoms with Crippen LogP contribution in [0.3, 0.4) is 0 Å². The minimum atomic E-state index is 0.0701. The van der Waals surface area contributed by atoms with E-state index in [0.29, 0.717) is 38.6 Å². The highest BCUT2D eigenvalue weighted by molar-refractivity contribution is 5.76. The van der Waals surface area contributed by atoms with Gasteiger partial charge in [0.25, 0.3) is 0 Å². The lowest BCUT2D eigenvalue weighted by Crippen LogP contribution is -2.25. The second kappa shape index (κ2) is 8.29. The molecular formula is C16H27N3O3. The van der Waals surface area contributed by atoms with Crippen molar-refractivity contribution in [3.8, 4) is 0 Å². The summed E-state index contributed by atoms with van der Waals surface area (Å²) < 4.78 is 12.6. The molecule has 0 unspecified atom stereocenters.